The van der Waals surface area contributed by atoms with Gasteiger partial charge in [0.2, 0.25) is 0 Å². The van der Waals surface area contributed by atoms with Crippen LogP contribution in [0.1, 0.15) is 5.56 Å². The molecule has 0 atom stereocenters. The first-order valence-corrected chi connectivity index (χ1v) is 4.13. The van der Waals surface area contributed by atoms with Crippen molar-refractivity contribution in [3.63, 3.8) is 0 Å². The van der Waals surface area contributed by atoms with Crippen LogP contribution in [-0.4, -0.2) is 18.8 Å². The zero-order chi connectivity index (χ0) is 9.84. The number of rotatable bonds is 3. The Morgan fingerprint density at radius 2 is 2.15 bits per heavy atom. The number of benzene rings is 1. The van der Waals surface area contributed by atoms with Crippen molar-refractivity contribution in [2.75, 3.05) is 24.4 Å². The van der Waals surface area contributed by atoms with Gasteiger partial charge in [-0.3, -0.25) is 0 Å². The summed E-state index contributed by atoms with van der Waals surface area (Å²) in [5.74, 6) is 5.61. The van der Waals surface area contributed by atoms with Crippen LogP contribution in [0.3, 0.4) is 0 Å². The van der Waals surface area contributed by atoms with Gasteiger partial charge in [-0.1, -0.05) is 0 Å². The van der Waals surface area contributed by atoms with Crippen molar-refractivity contribution in [1.82, 2.24) is 0 Å². The number of aliphatic hydroxyl groups is 1. The van der Waals surface area contributed by atoms with E-state index in [0.717, 1.165) is 11.3 Å². The summed E-state index contributed by atoms with van der Waals surface area (Å²) in [6.45, 7) is 0.101. The summed E-state index contributed by atoms with van der Waals surface area (Å²) in [6, 6.07) is 5.47. The molecule has 0 unspecified atom stereocenters. The Hall–Kier alpha value is -1.26. The molecular weight excluding hydrogens is 166 g/mol. The van der Waals surface area contributed by atoms with Crippen molar-refractivity contribution < 1.29 is 5.11 Å². The van der Waals surface area contributed by atoms with E-state index in [4.69, 9.17) is 16.7 Å². The van der Waals surface area contributed by atoms with Crippen LogP contribution in [0.15, 0.2) is 18.2 Å². The van der Waals surface area contributed by atoms with Gasteiger partial charge in [-0.15, -0.1) is 0 Å². The van der Waals surface area contributed by atoms with Gasteiger partial charge in [0.25, 0.3) is 0 Å². The Kier molecular flexibility index (Phi) is 3.11. The standard InChI is InChI=1S/C9H15N3O/c1-12(11)9-3-2-8(10)6-7(9)4-5-13/h2-3,6,13H,4-5,10-11H2,1H3. The third kappa shape index (κ3) is 2.34. The van der Waals surface area contributed by atoms with Gasteiger partial charge in [-0.05, 0) is 30.2 Å². The van der Waals surface area contributed by atoms with Crippen molar-refractivity contribution in [3.05, 3.63) is 23.8 Å². The monoisotopic (exact) mass is 181 g/mol. The van der Waals surface area contributed by atoms with Gasteiger partial charge in [0.15, 0.2) is 0 Å². The zero-order valence-corrected chi connectivity index (χ0v) is 7.70. The molecular formula is C9H15N3O. The number of nitrogens with zero attached hydrogens (tertiary/aromatic N) is 1. The number of hydrazine groups is 1. The zero-order valence-electron chi connectivity index (χ0n) is 7.70. The molecule has 13 heavy (non-hydrogen) atoms. The summed E-state index contributed by atoms with van der Waals surface area (Å²) in [5.41, 5.74) is 8.16. The molecule has 0 heterocycles. The van der Waals surface area contributed by atoms with E-state index in [1.807, 2.05) is 12.1 Å². The van der Waals surface area contributed by atoms with E-state index in [1.54, 1.807) is 13.1 Å². The van der Waals surface area contributed by atoms with E-state index in [-0.39, 0.29) is 6.61 Å². The molecule has 0 aliphatic heterocycles. The number of anilines is 2. The Morgan fingerprint density at radius 1 is 1.46 bits per heavy atom. The van der Waals surface area contributed by atoms with Gasteiger partial charge in [-0.2, -0.15) is 0 Å². The molecule has 0 amide bonds. The van der Waals surface area contributed by atoms with Gasteiger partial charge in [0, 0.05) is 19.3 Å². The van der Waals surface area contributed by atoms with Crippen LogP contribution < -0.4 is 16.6 Å². The molecule has 0 saturated heterocycles. The van der Waals surface area contributed by atoms with Crippen LogP contribution in [0, 0.1) is 0 Å². The Labute approximate surface area is 77.7 Å². The molecule has 0 radical (unpaired) electrons. The lowest BCUT2D eigenvalue weighted by Gasteiger charge is -2.16. The average Bonchev–Trinajstić information content (AvgIpc) is 2.04. The van der Waals surface area contributed by atoms with Crippen LogP contribution >= 0.6 is 0 Å². The number of hydrogen-bond acceptors (Lipinski definition) is 4. The second-order valence-corrected chi connectivity index (χ2v) is 2.97. The highest BCUT2D eigenvalue weighted by atomic mass is 16.2. The van der Waals surface area contributed by atoms with Gasteiger partial charge in [-0.25, -0.2) is 5.84 Å². The smallest absolute Gasteiger partial charge is 0.0548 e. The van der Waals surface area contributed by atoms with Crippen LogP contribution in [0.4, 0.5) is 11.4 Å². The second-order valence-electron chi connectivity index (χ2n) is 2.97. The highest BCUT2D eigenvalue weighted by Gasteiger charge is 2.04. The Bertz CT molecular complexity index is 286. The number of nitrogens with two attached hydrogens (primary N) is 2. The average molecular weight is 181 g/mol. The first-order chi connectivity index (χ1) is 6.15. The molecule has 1 aromatic rings. The molecule has 4 nitrogen and oxygen atoms in total. The minimum absolute atomic E-state index is 0.101. The maximum Gasteiger partial charge on any atom is 0.0548 e. The molecule has 72 valence electrons. The van der Waals surface area contributed by atoms with E-state index >= 15 is 0 Å². The van der Waals surface area contributed by atoms with E-state index in [2.05, 4.69) is 0 Å². The van der Waals surface area contributed by atoms with Gasteiger partial charge in [0.1, 0.15) is 0 Å². The molecule has 0 aliphatic rings. The number of aliphatic hydroxyl groups excluding tert-OH is 1. The fourth-order valence-electron chi connectivity index (χ4n) is 1.27. The Morgan fingerprint density at radius 3 is 2.69 bits per heavy atom. The first kappa shape index (κ1) is 9.83. The molecule has 4 heteroatoms. The van der Waals surface area contributed by atoms with Gasteiger partial charge >= 0.3 is 0 Å². The molecule has 1 aromatic carbocycles. The lowest BCUT2D eigenvalue weighted by atomic mass is 10.1. The largest absolute Gasteiger partial charge is 0.399 e. The van der Waals surface area contributed by atoms with Gasteiger partial charge < -0.3 is 15.8 Å². The second kappa shape index (κ2) is 4.11. The quantitative estimate of drug-likeness (QED) is 0.351. The topological polar surface area (TPSA) is 75.5 Å². The van der Waals surface area contributed by atoms with E-state index in [0.29, 0.717) is 12.1 Å². The SMILES string of the molecule is CN(N)c1ccc(N)cc1CCO. The van der Waals surface area contributed by atoms with Crippen molar-refractivity contribution in [2.24, 2.45) is 5.84 Å². The van der Waals surface area contributed by atoms with Crippen LogP contribution in [0.5, 0.6) is 0 Å². The van der Waals surface area contributed by atoms with Crippen molar-refractivity contribution in [2.45, 2.75) is 6.42 Å². The summed E-state index contributed by atoms with van der Waals surface area (Å²) in [7, 11) is 1.76. The summed E-state index contributed by atoms with van der Waals surface area (Å²) in [4.78, 5) is 0. The van der Waals surface area contributed by atoms with Gasteiger partial charge in [0.05, 0.1) is 5.69 Å². The number of hydrogen-bond donors (Lipinski definition) is 3. The first-order valence-electron chi connectivity index (χ1n) is 4.13. The molecule has 5 N–H and O–H groups in total. The van der Waals surface area contributed by atoms with Crippen molar-refractivity contribution in [1.29, 1.82) is 0 Å². The minimum Gasteiger partial charge on any atom is -0.399 e. The highest BCUT2D eigenvalue weighted by Crippen LogP contribution is 2.20. The fraction of sp³-hybridized carbons (Fsp3) is 0.333. The molecule has 0 aromatic heterocycles. The van der Waals surface area contributed by atoms with E-state index in [1.165, 1.54) is 5.01 Å². The predicted molar refractivity (Wildman–Crippen MR) is 54.2 cm³/mol. The van der Waals surface area contributed by atoms with Crippen molar-refractivity contribution >= 4 is 11.4 Å². The maximum atomic E-state index is 8.82. The van der Waals surface area contributed by atoms with Crippen LogP contribution in [0.2, 0.25) is 0 Å². The number of nitrogen functional groups attached to an aromatic ring is 1. The summed E-state index contributed by atoms with van der Waals surface area (Å²) < 4.78 is 0. The molecule has 0 bridgehead atoms. The van der Waals surface area contributed by atoms with Crippen LogP contribution in [-0.2, 0) is 6.42 Å². The molecule has 0 saturated carbocycles. The summed E-state index contributed by atoms with van der Waals surface area (Å²) >= 11 is 0. The summed E-state index contributed by atoms with van der Waals surface area (Å²) in [5, 5.41) is 10.3. The third-order valence-corrected chi connectivity index (χ3v) is 1.86. The third-order valence-electron chi connectivity index (χ3n) is 1.86. The molecule has 0 fully saturated rings. The summed E-state index contributed by atoms with van der Waals surface area (Å²) in [6.07, 6.45) is 0.571. The Balaban J connectivity index is 3.03. The lowest BCUT2D eigenvalue weighted by molar-refractivity contribution is 0.299. The molecule has 0 aliphatic carbocycles. The normalized spacial score (nSPS) is 10.1. The predicted octanol–water partition coefficient (Wildman–Crippen LogP) is 0.113. The van der Waals surface area contributed by atoms with E-state index < -0.39 is 0 Å². The molecule has 0 spiro atoms. The highest BCUT2D eigenvalue weighted by molar-refractivity contribution is 5.58. The van der Waals surface area contributed by atoms with Crippen molar-refractivity contribution in [3.8, 4) is 0 Å². The minimum atomic E-state index is 0.101. The van der Waals surface area contributed by atoms with E-state index in [9.17, 15) is 0 Å². The maximum absolute atomic E-state index is 8.82. The molecule has 1 rings (SSSR count). The van der Waals surface area contributed by atoms with Crippen LogP contribution in [0.25, 0.3) is 0 Å². The fourth-order valence-corrected chi connectivity index (χ4v) is 1.27. The lowest BCUT2D eigenvalue weighted by Crippen LogP contribution is -2.26.